The quantitative estimate of drug-likeness (QED) is 0.656. The van der Waals surface area contributed by atoms with Crippen molar-refractivity contribution < 1.29 is 4.74 Å². The largest absolute Gasteiger partial charge is 0.376 e. The first-order valence-electron chi connectivity index (χ1n) is 11.6. The molecular weight excluding hydrogens is 394 g/mol. The molecule has 1 atom stereocenters. The average Bonchev–Trinajstić information content (AvgIpc) is 3.45. The van der Waals surface area contributed by atoms with Gasteiger partial charge in [0.2, 0.25) is 0 Å². The minimum Gasteiger partial charge on any atom is -0.376 e. The molecule has 0 saturated carbocycles. The van der Waals surface area contributed by atoms with Gasteiger partial charge in [0.05, 0.1) is 16.3 Å². The zero-order valence-electron chi connectivity index (χ0n) is 17.5. The van der Waals surface area contributed by atoms with Crippen molar-refractivity contribution in [2.45, 2.75) is 63.9 Å². The Hall–Kier alpha value is -1.99. The molecule has 3 aliphatic rings. The number of aryl methyl sites for hydroxylation is 1. The molecule has 0 bridgehead atoms. The zero-order valence-corrected chi connectivity index (χ0v) is 18.3. The summed E-state index contributed by atoms with van der Waals surface area (Å²) >= 11 is 1.76. The van der Waals surface area contributed by atoms with Gasteiger partial charge in [-0.05, 0) is 68.9 Å². The molecule has 1 N–H and O–H groups in total. The second-order valence-electron chi connectivity index (χ2n) is 8.85. The van der Waals surface area contributed by atoms with E-state index >= 15 is 0 Å². The highest BCUT2D eigenvalue weighted by atomic mass is 32.1. The summed E-state index contributed by atoms with van der Waals surface area (Å²) in [7, 11) is 0. The highest BCUT2D eigenvalue weighted by molar-refractivity contribution is 7.26. The van der Waals surface area contributed by atoms with Gasteiger partial charge in [0, 0.05) is 31.6 Å². The van der Waals surface area contributed by atoms with E-state index in [1.165, 1.54) is 54.4 Å². The number of aromatic nitrogens is 3. The molecule has 0 amide bonds. The summed E-state index contributed by atoms with van der Waals surface area (Å²) in [5.41, 5.74) is 4.07. The lowest BCUT2D eigenvalue weighted by atomic mass is 9.89. The molecule has 158 valence electrons. The van der Waals surface area contributed by atoms with E-state index < -0.39 is 0 Å². The van der Waals surface area contributed by atoms with Crippen molar-refractivity contribution in [1.29, 1.82) is 0 Å². The van der Waals surface area contributed by atoms with E-state index in [0.29, 0.717) is 6.10 Å². The second kappa shape index (κ2) is 7.93. The Bertz CT molecular complexity index is 1070. The minimum atomic E-state index is 0.293. The van der Waals surface area contributed by atoms with Crippen molar-refractivity contribution in [1.82, 2.24) is 15.0 Å². The molecule has 1 aliphatic carbocycles. The van der Waals surface area contributed by atoms with Crippen LogP contribution in [0.2, 0.25) is 0 Å². The van der Waals surface area contributed by atoms with Crippen LogP contribution in [0.4, 0.5) is 11.6 Å². The number of nitrogens with one attached hydrogen (secondary N) is 1. The molecule has 2 fully saturated rings. The summed E-state index contributed by atoms with van der Waals surface area (Å²) in [6.45, 7) is 3.97. The molecular formula is C23H29N5OS. The third-order valence-corrected chi connectivity index (χ3v) is 7.96. The zero-order chi connectivity index (χ0) is 19.9. The molecule has 0 radical (unpaired) electrons. The second-order valence-corrected chi connectivity index (χ2v) is 9.84. The van der Waals surface area contributed by atoms with Crippen LogP contribution in [0.15, 0.2) is 6.33 Å². The van der Waals surface area contributed by atoms with Gasteiger partial charge in [0.1, 0.15) is 22.8 Å². The molecule has 2 aliphatic heterocycles. The van der Waals surface area contributed by atoms with Crippen LogP contribution in [0.3, 0.4) is 0 Å². The number of hydrogen-bond acceptors (Lipinski definition) is 7. The van der Waals surface area contributed by atoms with Crippen molar-refractivity contribution in [3.05, 3.63) is 17.5 Å². The molecule has 3 aromatic heterocycles. The number of rotatable bonds is 4. The normalized spacial score (nSPS) is 22.0. The Morgan fingerprint density at radius 2 is 1.90 bits per heavy atom. The molecule has 0 unspecified atom stereocenters. The van der Waals surface area contributed by atoms with Crippen LogP contribution < -0.4 is 10.2 Å². The Kier molecular flexibility index (Phi) is 4.96. The van der Waals surface area contributed by atoms with E-state index in [1.807, 2.05) is 0 Å². The van der Waals surface area contributed by atoms with Crippen molar-refractivity contribution >= 4 is 43.4 Å². The first-order valence-corrected chi connectivity index (χ1v) is 12.4. The lowest BCUT2D eigenvalue weighted by Gasteiger charge is -2.31. The number of thiophene rings is 1. The van der Waals surface area contributed by atoms with Gasteiger partial charge in [-0.3, -0.25) is 0 Å². The summed E-state index contributed by atoms with van der Waals surface area (Å²) in [5.74, 6) is 2.19. The van der Waals surface area contributed by atoms with E-state index in [-0.39, 0.29) is 0 Å². The molecule has 3 aromatic rings. The lowest BCUT2D eigenvalue weighted by Crippen LogP contribution is -2.31. The topological polar surface area (TPSA) is 63.2 Å². The van der Waals surface area contributed by atoms with Gasteiger partial charge >= 0.3 is 0 Å². The number of piperidine rings is 1. The maximum atomic E-state index is 5.78. The Morgan fingerprint density at radius 3 is 2.73 bits per heavy atom. The van der Waals surface area contributed by atoms with Crippen molar-refractivity contribution in [2.75, 3.05) is 36.5 Å². The van der Waals surface area contributed by atoms with Gasteiger partial charge in [0.15, 0.2) is 0 Å². The summed E-state index contributed by atoms with van der Waals surface area (Å²) in [5, 5.41) is 4.83. The molecule has 6 nitrogen and oxygen atoms in total. The SMILES string of the molecule is c1nc(NC[C@H]2CCCO2)c2sc3nc(N4CCCCC4)c4c(c3c2n1)CCCC4. The van der Waals surface area contributed by atoms with Gasteiger partial charge in [-0.25, -0.2) is 15.0 Å². The summed E-state index contributed by atoms with van der Waals surface area (Å²) in [6, 6.07) is 0. The molecule has 30 heavy (non-hydrogen) atoms. The van der Waals surface area contributed by atoms with Gasteiger partial charge in [-0.15, -0.1) is 11.3 Å². The first kappa shape index (κ1) is 18.8. The van der Waals surface area contributed by atoms with E-state index in [0.717, 1.165) is 72.8 Å². The number of ether oxygens (including phenoxy) is 1. The molecule has 0 aromatic carbocycles. The van der Waals surface area contributed by atoms with E-state index in [9.17, 15) is 0 Å². The summed E-state index contributed by atoms with van der Waals surface area (Å²) in [6.07, 6.45) is 13.0. The molecule has 7 heteroatoms. The monoisotopic (exact) mass is 423 g/mol. The maximum Gasteiger partial charge on any atom is 0.147 e. The summed E-state index contributed by atoms with van der Waals surface area (Å²) in [4.78, 5) is 18.2. The first-order chi connectivity index (χ1) is 14.9. The highest BCUT2D eigenvalue weighted by Gasteiger charge is 2.26. The van der Waals surface area contributed by atoms with Crippen LogP contribution in [0, 0.1) is 0 Å². The van der Waals surface area contributed by atoms with Gasteiger partial charge < -0.3 is 15.0 Å². The van der Waals surface area contributed by atoms with Crippen molar-refractivity contribution in [3.63, 3.8) is 0 Å². The standard InChI is InChI=1S/C23H29N5OS/c1-4-10-28(11-5-1)22-17-9-3-2-8-16(17)18-19-20(30-23(18)27-22)21(26-14-25-19)24-13-15-7-6-12-29-15/h14-15H,1-13H2,(H,24,25,26)/t15-/m1/s1. The minimum absolute atomic E-state index is 0.293. The average molecular weight is 424 g/mol. The number of nitrogens with zero attached hydrogens (tertiary/aromatic N) is 4. The predicted molar refractivity (Wildman–Crippen MR) is 123 cm³/mol. The fourth-order valence-corrected chi connectivity index (χ4v) is 6.47. The molecule has 5 heterocycles. The number of pyridine rings is 1. The number of fused-ring (bicyclic) bond motifs is 5. The maximum absolute atomic E-state index is 5.78. The third kappa shape index (κ3) is 3.23. The van der Waals surface area contributed by atoms with Gasteiger partial charge in [0.25, 0.3) is 0 Å². The molecule has 0 spiro atoms. The lowest BCUT2D eigenvalue weighted by molar-refractivity contribution is 0.120. The Morgan fingerprint density at radius 1 is 1.03 bits per heavy atom. The van der Waals surface area contributed by atoms with Crippen LogP contribution in [0.5, 0.6) is 0 Å². The Labute approximate surface area is 181 Å². The van der Waals surface area contributed by atoms with Crippen molar-refractivity contribution in [3.8, 4) is 0 Å². The molecule has 6 rings (SSSR count). The predicted octanol–water partition coefficient (Wildman–Crippen LogP) is 4.70. The van der Waals surface area contributed by atoms with Crippen LogP contribution >= 0.6 is 11.3 Å². The van der Waals surface area contributed by atoms with Crippen LogP contribution in [0.25, 0.3) is 20.4 Å². The fraction of sp³-hybridized carbons (Fsp3) is 0.609. The van der Waals surface area contributed by atoms with Crippen molar-refractivity contribution in [2.24, 2.45) is 0 Å². The summed E-state index contributed by atoms with van der Waals surface area (Å²) < 4.78 is 6.92. The fourth-order valence-electron chi connectivity index (χ4n) is 5.35. The van der Waals surface area contributed by atoms with Crippen LogP contribution in [-0.2, 0) is 17.6 Å². The van der Waals surface area contributed by atoms with Crippen LogP contribution in [0.1, 0.15) is 56.1 Å². The van der Waals surface area contributed by atoms with Gasteiger partial charge in [-0.1, -0.05) is 0 Å². The highest BCUT2D eigenvalue weighted by Crippen LogP contribution is 2.43. The smallest absolute Gasteiger partial charge is 0.147 e. The number of anilines is 2. The van der Waals surface area contributed by atoms with Gasteiger partial charge in [-0.2, -0.15) is 0 Å². The van der Waals surface area contributed by atoms with E-state index in [1.54, 1.807) is 17.7 Å². The third-order valence-electron chi connectivity index (χ3n) is 6.88. The Balaban J connectivity index is 1.46. The van der Waals surface area contributed by atoms with E-state index in [2.05, 4.69) is 15.2 Å². The van der Waals surface area contributed by atoms with Crippen LogP contribution in [-0.4, -0.2) is 47.3 Å². The van der Waals surface area contributed by atoms with E-state index in [4.69, 9.17) is 14.7 Å². The molecule has 2 saturated heterocycles. The number of hydrogen-bond donors (Lipinski definition) is 1.